The van der Waals surface area contributed by atoms with Gasteiger partial charge in [-0.05, 0) is 63.0 Å². The molecule has 1 saturated heterocycles. The summed E-state index contributed by atoms with van der Waals surface area (Å²) in [7, 11) is 0. The highest BCUT2D eigenvalue weighted by Gasteiger charge is 2.16. The molecule has 28 heavy (non-hydrogen) atoms. The van der Waals surface area contributed by atoms with Crippen LogP contribution in [0.25, 0.3) is 0 Å². The van der Waals surface area contributed by atoms with Crippen molar-refractivity contribution in [3.8, 4) is 0 Å². The summed E-state index contributed by atoms with van der Waals surface area (Å²) in [6, 6.07) is 8.57. The van der Waals surface area contributed by atoms with E-state index >= 15 is 0 Å². The lowest BCUT2D eigenvalue weighted by Gasteiger charge is -2.23. The zero-order valence-electron chi connectivity index (χ0n) is 17.0. The smallest absolute Gasteiger partial charge is 0.315 e. The van der Waals surface area contributed by atoms with Crippen molar-refractivity contribution in [2.75, 3.05) is 39.3 Å². The van der Waals surface area contributed by atoms with Crippen molar-refractivity contribution < 1.29 is 4.79 Å². The molecule has 1 aromatic carbocycles. The highest BCUT2D eigenvalue weighted by atomic mass is 35.5. The van der Waals surface area contributed by atoms with E-state index in [-0.39, 0.29) is 6.03 Å². The quantitative estimate of drug-likeness (QED) is 0.676. The van der Waals surface area contributed by atoms with Crippen molar-refractivity contribution in [1.29, 1.82) is 0 Å². The molecule has 2 fully saturated rings. The largest absolute Gasteiger partial charge is 0.338 e. The molecule has 0 radical (unpaired) electrons. The monoisotopic (exact) mass is 406 g/mol. The number of urea groups is 1. The summed E-state index contributed by atoms with van der Waals surface area (Å²) in [4.78, 5) is 17.1. The molecule has 3 rings (SSSR count). The van der Waals surface area contributed by atoms with E-state index in [0.29, 0.717) is 6.04 Å². The van der Waals surface area contributed by atoms with Gasteiger partial charge in [0, 0.05) is 37.2 Å². The molecule has 2 amide bonds. The van der Waals surface area contributed by atoms with Gasteiger partial charge in [0.1, 0.15) is 0 Å². The number of benzene rings is 1. The van der Waals surface area contributed by atoms with Crippen LogP contribution in [0.15, 0.2) is 24.3 Å². The fourth-order valence-corrected chi connectivity index (χ4v) is 4.37. The maximum absolute atomic E-state index is 12.0. The molecule has 2 aliphatic rings. The second-order valence-electron chi connectivity index (χ2n) is 8.19. The first kappa shape index (κ1) is 21.4. The average Bonchev–Trinajstić information content (AvgIpc) is 2.93. The van der Waals surface area contributed by atoms with Crippen LogP contribution in [0.4, 0.5) is 4.79 Å². The normalized spacial score (nSPS) is 19.9. The summed E-state index contributed by atoms with van der Waals surface area (Å²) in [5.74, 6) is 0. The van der Waals surface area contributed by atoms with E-state index in [2.05, 4.69) is 32.6 Å². The number of nitrogens with zero attached hydrogens (tertiary/aromatic N) is 2. The Balaban J connectivity index is 1.28. The number of nitrogens with one attached hydrogen (secondary N) is 2. The second kappa shape index (κ2) is 11.6. The molecule has 1 aliphatic carbocycles. The van der Waals surface area contributed by atoms with E-state index in [1.54, 1.807) is 0 Å². The predicted molar refractivity (Wildman–Crippen MR) is 116 cm³/mol. The van der Waals surface area contributed by atoms with Crippen molar-refractivity contribution in [3.05, 3.63) is 34.9 Å². The van der Waals surface area contributed by atoms with Crippen molar-refractivity contribution in [3.63, 3.8) is 0 Å². The number of rotatable bonds is 7. The lowest BCUT2D eigenvalue weighted by Crippen LogP contribution is -2.43. The van der Waals surface area contributed by atoms with Gasteiger partial charge in [-0.2, -0.15) is 0 Å². The van der Waals surface area contributed by atoms with Crippen LogP contribution in [0.2, 0.25) is 5.02 Å². The zero-order chi connectivity index (χ0) is 19.6. The molecule has 0 bridgehead atoms. The highest BCUT2D eigenvalue weighted by molar-refractivity contribution is 6.30. The molecular weight excluding hydrogens is 372 g/mol. The highest BCUT2D eigenvalue weighted by Crippen LogP contribution is 2.17. The van der Waals surface area contributed by atoms with E-state index in [1.165, 1.54) is 31.2 Å². The van der Waals surface area contributed by atoms with Gasteiger partial charge in [-0.3, -0.25) is 4.90 Å². The van der Waals surface area contributed by atoms with Gasteiger partial charge in [0.2, 0.25) is 0 Å². The van der Waals surface area contributed by atoms with Gasteiger partial charge in [-0.1, -0.05) is 43.0 Å². The summed E-state index contributed by atoms with van der Waals surface area (Å²) < 4.78 is 0. The minimum Gasteiger partial charge on any atom is -0.338 e. The first-order valence-corrected chi connectivity index (χ1v) is 11.3. The van der Waals surface area contributed by atoms with E-state index in [1.807, 2.05) is 12.1 Å². The van der Waals surface area contributed by atoms with Crippen molar-refractivity contribution in [2.45, 2.75) is 57.5 Å². The molecule has 5 nitrogen and oxygen atoms in total. The van der Waals surface area contributed by atoms with Gasteiger partial charge in [-0.25, -0.2) is 4.79 Å². The zero-order valence-corrected chi connectivity index (χ0v) is 17.7. The van der Waals surface area contributed by atoms with Crippen LogP contribution in [0.1, 0.15) is 50.5 Å². The van der Waals surface area contributed by atoms with Gasteiger partial charge in [0.05, 0.1) is 0 Å². The molecule has 0 atom stereocenters. The molecule has 6 heteroatoms. The van der Waals surface area contributed by atoms with Crippen LogP contribution >= 0.6 is 11.6 Å². The molecule has 0 spiro atoms. The Morgan fingerprint density at radius 2 is 1.68 bits per heavy atom. The third kappa shape index (κ3) is 7.61. The molecule has 156 valence electrons. The maximum Gasteiger partial charge on any atom is 0.315 e. The Kier molecular flexibility index (Phi) is 8.90. The van der Waals surface area contributed by atoms with Crippen LogP contribution in [-0.4, -0.2) is 61.1 Å². The van der Waals surface area contributed by atoms with Crippen molar-refractivity contribution >= 4 is 17.6 Å². The van der Waals surface area contributed by atoms with Gasteiger partial charge >= 0.3 is 6.03 Å². The summed E-state index contributed by atoms with van der Waals surface area (Å²) in [5, 5.41) is 6.95. The number of amides is 2. The Morgan fingerprint density at radius 1 is 0.964 bits per heavy atom. The van der Waals surface area contributed by atoms with Crippen molar-refractivity contribution in [2.24, 2.45) is 0 Å². The molecule has 1 saturated carbocycles. The van der Waals surface area contributed by atoms with Crippen LogP contribution in [0.3, 0.4) is 0 Å². The Bertz CT molecular complexity index is 589. The maximum atomic E-state index is 12.0. The molecule has 0 aromatic heterocycles. The van der Waals surface area contributed by atoms with E-state index < -0.39 is 0 Å². The summed E-state index contributed by atoms with van der Waals surface area (Å²) in [5.41, 5.74) is 1.33. The van der Waals surface area contributed by atoms with E-state index in [0.717, 1.165) is 70.1 Å². The van der Waals surface area contributed by atoms with Crippen LogP contribution in [-0.2, 0) is 6.54 Å². The number of carbonyl (C=O) groups is 1. The SMILES string of the molecule is O=C(NCCCN1CCCN(Cc2ccc(Cl)cc2)CC1)NC1CCCCC1. The van der Waals surface area contributed by atoms with Crippen LogP contribution in [0, 0.1) is 0 Å². The minimum absolute atomic E-state index is 0.0110. The average molecular weight is 407 g/mol. The molecular formula is C22H35ClN4O. The van der Waals surface area contributed by atoms with Crippen molar-refractivity contribution in [1.82, 2.24) is 20.4 Å². The standard InChI is InChI=1S/C22H35ClN4O/c23-20-10-8-19(9-11-20)18-27-15-5-14-26(16-17-27)13-4-12-24-22(28)25-21-6-2-1-3-7-21/h8-11,21H,1-7,12-18H2,(H2,24,25,28). The Hall–Kier alpha value is -1.30. The van der Waals surface area contributed by atoms with Gasteiger partial charge in [-0.15, -0.1) is 0 Å². The Labute approximate surface area is 174 Å². The number of hydrogen-bond donors (Lipinski definition) is 2. The third-order valence-corrected chi connectivity index (χ3v) is 6.13. The molecule has 1 aliphatic heterocycles. The number of halogens is 1. The molecule has 1 aromatic rings. The van der Waals surface area contributed by atoms with E-state index in [9.17, 15) is 4.79 Å². The lowest BCUT2D eigenvalue weighted by molar-refractivity contribution is 0.229. The summed E-state index contributed by atoms with van der Waals surface area (Å²) in [6.07, 6.45) is 8.27. The third-order valence-electron chi connectivity index (χ3n) is 5.88. The number of hydrogen-bond acceptors (Lipinski definition) is 3. The van der Waals surface area contributed by atoms with E-state index in [4.69, 9.17) is 11.6 Å². The summed E-state index contributed by atoms with van der Waals surface area (Å²) in [6.45, 7) is 7.28. The molecule has 1 heterocycles. The molecule has 0 unspecified atom stereocenters. The fraction of sp³-hybridized carbons (Fsp3) is 0.682. The number of carbonyl (C=O) groups excluding carboxylic acids is 1. The lowest BCUT2D eigenvalue weighted by atomic mass is 9.96. The first-order valence-electron chi connectivity index (χ1n) is 10.9. The minimum atomic E-state index is 0.0110. The predicted octanol–water partition coefficient (Wildman–Crippen LogP) is 3.87. The Morgan fingerprint density at radius 3 is 2.46 bits per heavy atom. The summed E-state index contributed by atoms with van der Waals surface area (Å²) >= 11 is 5.98. The first-order chi connectivity index (χ1) is 13.7. The second-order valence-corrected chi connectivity index (χ2v) is 8.62. The van der Waals surface area contributed by atoms with Gasteiger partial charge in [0.15, 0.2) is 0 Å². The topological polar surface area (TPSA) is 47.6 Å². The van der Waals surface area contributed by atoms with Gasteiger partial charge in [0.25, 0.3) is 0 Å². The van der Waals surface area contributed by atoms with Crippen LogP contribution < -0.4 is 10.6 Å². The molecule has 2 N–H and O–H groups in total. The van der Waals surface area contributed by atoms with Crippen LogP contribution in [0.5, 0.6) is 0 Å². The fourth-order valence-electron chi connectivity index (χ4n) is 4.24. The van der Waals surface area contributed by atoms with Gasteiger partial charge < -0.3 is 15.5 Å².